The molecule has 0 spiro atoms. The van der Waals surface area contributed by atoms with E-state index in [4.69, 9.17) is 0 Å². The van der Waals surface area contributed by atoms with Crippen molar-refractivity contribution in [3.05, 3.63) is 12.2 Å². The standard InChI is InChI=1S/C6H11NO.ClH.2H3N/c1-4-7-6(8)5(2)3;;;/h2,4H2,1,3H3,(H,7,8);1H;2*1H3. The van der Waals surface area contributed by atoms with Crippen LogP contribution in [0.4, 0.5) is 0 Å². The molecule has 0 aliphatic heterocycles. The van der Waals surface area contributed by atoms with Gasteiger partial charge in [-0.15, -0.1) is 12.4 Å². The molecule has 4 nitrogen and oxygen atoms in total. The summed E-state index contributed by atoms with van der Waals surface area (Å²) in [5, 5.41) is 2.61. The number of carbonyl (C=O) groups excluding carboxylic acids is 1. The molecular formula is C6H18ClN3O. The summed E-state index contributed by atoms with van der Waals surface area (Å²) in [5.74, 6) is -0.0625. The molecule has 0 atom stereocenters. The van der Waals surface area contributed by atoms with E-state index in [2.05, 4.69) is 11.9 Å². The minimum absolute atomic E-state index is 0. The minimum Gasteiger partial charge on any atom is -0.353 e. The maximum absolute atomic E-state index is 10.5. The second-order valence-corrected chi connectivity index (χ2v) is 1.64. The molecule has 0 rings (SSSR count). The molecule has 0 unspecified atom stereocenters. The lowest BCUT2D eigenvalue weighted by Crippen LogP contribution is -2.22. The van der Waals surface area contributed by atoms with E-state index in [-0.39, 0.29) is 30.6 Å². The summed E-state index contributed by atoms with van der Waals surface area (Å²) in [6.07, 6.45) is 0. The van der Waals surface area contributed by atoms with Gasteiger partial charge in [0.1, 0.15) is 0 Å². The third-order valence-electron chi connectivity index (χ3n) is 0.725. The van der Waals surface area contributed by atoms with Crippen molar-refractivity contribution in [3.63, 3.8) is 0 Å². The van der Waals surface area contributed by atoms with Crippen LogP contribution in [-0.2, 0) is 4.79 Å². The number of nitrogens with one attached hydrogen (secondary N) is 1. The van der Waals surface area contributed by atoms with Gasteiger partial charge in [-0.2, -0.15) is 0 Å². The fourth-order valence-electron chi connectivity index (χ4n) is 0.311. The maximum Gasteiger partial charge on any atom is 0.246 e. The van der Waals surface area contributed by atoms with Crippen molar-refractivity contribution < 1.29 is 4.79 Å². The zero-order valence-electron chi connectivity index (χ0n) is 7.14. The summed E-state index contributed by atoms with van der Waals surface area (Å²) in [6.45, 7) is 7.70. The molecule has 0 aliphatic rings. The van der Waals surface area contributed by atoms with Crippen molar-refractivity contribution in [1.29, 1.82) is 0 Å². The molecule has 70 valence electrons. The molecular weight excluding hydrogens is 166 g/mol. The van der Waals surface area contributed by atoms with Crippen molar-refractivity contribution >= 4 is 18.3 Å². The number of hydrogen-bond acceptors (Lipinski definition) is 3. The Labute approximate surface area is 74.0 Å². The zero-order valence-corrected chi connectivity index (χ0v) is 7.96. The highest BCUT2D eigenvalue weighted by Crippen LogP contribution is 1.82. The molecule has 0 saturated heterocycles. The Balaban J connectivity index is -0.0000000817. The Morgan fingerprint density at radius 2 is 1.82 bits per heavy atom. The van der Waals surface area contributed by atoms with Gasteiger partial charge in [-0.1, -0.05) is 6.58 Å². The summed E-state index contributed by atoms with van der Waals surface area (Å²) in [7, 11) is 0. The van der Waals surface area contributed by atoms with Crippen LogP contribution in [0.1, 0.15) is 13.8 Å². The van der Waals surface area contributed by atoms with Gasteiger partial charge in [0.2, 0.25) is 5.91 Å². The summed E-state index contributed by atoms with van der Waals surface area (Å²) < 4.78 is 0. The highest BCUT2D eigenvalue weighted by Gasteiger charge is 1.95. The predicted octanol–water partition coefficient (Wildman–Crippen LogP) is 1.44. The Bertz CT molecular complexity index is 116. The van der Waals surface area contributed by atoms with Gasteiger partial charge in [-0.25, -0.2) is 0 Å². The smallest absolute Gasteiger partial charge is 0.246 e. The average Bonchev–Trinajstić information content (AvgIpc) is 1.67. The Morgan fingerprint density at radius 1 is 1.45 bits per heavy atom. The zero-order chi connectivity index (χ0) is 6.57. The first-order chi connectivity index (χ1) is 3.68. The van der Waals surface area contributed by atoms with Crippen molar-refractivity contribution in [2.75, 3.05) is 6.54 Å². The minimum atomic E-state index is -0.0625. The first-order valence-corrected chi connectivity index (χ1v) is 2.62. The van der Waals surface area contributed by atoms with E-state index in [0.717, 1.165) is 0 Å². The predicted molar refractivity (Wildman–Crippen MR) is 50.8 cm³/mol. The molecule has 0 aliphatic carbocycles. The highest BCUT2D eigenvalue weighted by atomic mass is 35.5. The van der Waals surface area contributed by atoms with Gasteiger partial charge >= 0.3 is 0 Å². The van der Waals surface area contributed by atoms with Crippen LogP contribution in [0.2, 0.25) is 0 Å². The number of likely N-dealkylation sites (N-methyl/N-ethyl adjacent to an activating group) is 1. The van der Waals surface area contributed by atoms with E-state index in [9.17, 15) is 4.79 Å². The largest absolute Gasteiger partial charge is 0.353 e. The fourth-order valence-corrected chi connectivity index (χ4v) is 0.311. The summed E-state index contributed by atoms with van der Waals surface area (Å²) in [4.78, 5) is 10.5. The lowest BCUT2D eigenvalue weighted by molar-refractivity contribution is -0.117. The molecule has 7 N–H and O–H groups in total. The Morgan fingerprint density at radius 3 is 1.91 bits per heavy atom. The van der Waals surface area contributed by atoms with Crippen LogP contribution in [-0.4, -0.2) is 12.5 Å². The third kappa shape index (κ3) is 12.6. The van der Waals surface area contributed by atoms with Crippen LogP contribution < -0.4 is 17.6 Å². The normalized spacial score (nSPS) is 6.00. The lowest BCUT2D eigenvalue weighted by Gasteiger charge is -1.97. The first kappa shape index (κ1) is 22.4. The molecule has 5 heteroatoms. The SMILES string of the molecule is C=C(C)C(=O)NCC.Cl.N.N. The van der Waals surface area contributed by atoms with Gasteiger partial charge in [0.15, 0.2) is 0 Å². The highest BCUT2D eigenvalue weighted by molar-refractivity contribution is 5.91. The molecule has 0 aromatic rings. The topological polar surface area (TPSA) is 99.1 Å². The van der Waals surface area contributed by atoms with E-state index >= 15 is 0 Å². The van der Waals surface area contributed by atoms with Gasteiger partial charge in [0.05, 0.1) is 0 Å². The van der Waals surface area contributed by atoms with E-state index in [0.29, 0.717) is 12.1 Å². The molecule has 0 aromatic heterocycles. The Hall–Kier alpha value is -0.580. The lowest BCUT2D eigenvalue weighted by atomic mass is 10.3. The molecule has 0 bridgehead atoms. The van der Waals surface area contributed by atoms with Crippen molar-refractivity contribution in [2.45, 2.75) is 13.8 Å². The molecule has 0 aromatic carbocycles. The molecule has 0 radical (unpaired) electrons. The molecule has 0 heterocycles. The number of hydrogen-bond donors (Lipinski definition) is 3. The van der Waals surface area contributed by atoms with Gasteiger partial charge in [-0.05, 0) is 13.8 Å². The second kappa shape index (κ2) is 12.1. The fraction of sp³-hybridized carbons (Fsp3) is 0.500. The summed E-state index contributed by atoms with van der Waals surface area (Å²) >= 11 is 0. The number of carbonyl (C=O) groups is 1. The monoisotopic (exact) mass is 183 g/mol. The van der Waals surface area contributed by atoms with Gasteiger partial charge in [0.25, 0.3) is 0 Å². The van der Waals surface area contributed by atoms with Crippen LogP contribution in [0.5, 0.6) is 0 Å². The number of rotatable bonds is 2. The molecule has 0 saturated carbocycles. The van der Waals surface area contributed by atoms with E-state index in [1.807, 2.05) is 6.92 Å². The molecule has 11 heavy (non-hydrogen) atoms. The van der Waals surface area contributed by atoms with Crippen molar-refractivity contribution in [3.8, 4) is 0 Å². The van der Waals surface area contributed by atoms with Gasteiger partial charge in [-0.3, -0.25) is 4.79 Å². The third-order valence-corrected chi connectivity index (χ3v) is 0.725. The van der Waals surface area contributed by atoms with Crippen molar-refractivity contribution in [1.82, 2.24) is 17.6 Å². The Kier molecular flexibility index (Phi) is 24.7. The van der Waals surface area contributed by atoms with E-state index in [1.165, 1.54) is 0 Å². The van der Waals surface area contributed by atoms with E-state index < -0.39 is 0 Å². The number of amides is 1. The van der Waals surface area contributed by atoms with Crippen LogP contribution >= 0.6 is 12.4 Å². The van der Waals surface area contributed by atoms with Crippen LogP contribution in [0, 0.1) is 0 Å². The molecule has 1 amide bonds. The van der Waals surface area contributed by atoms with Crippen molar-refractivity contribution in [2.24, 2.45) is 0 Å². The maximum atomic E-state index is 10.5. The second-order valence-electron chi connectivity index (χ2n) is 1.64. The number of halogens is 1. The quantitative estimate of drug-likeness (QED) is 0.565. The molecule has 0 fully saturated rings. The summed E-state index contributed by atoms with van der Waals surface area (Å²) in [5.41, 5.74) is 0.562. The van der Waals surface area contributed by atoms with E-state index in [1.54, 1.807) is 6.92 Å². The van der Waals surface area contributed by atoms with Crippen LogP contribution in [0.3, 0.4) is 0 Å². The van der Waals surface area contributed by atoms with Crippen LogP contribution in [0.15, 0.2) is 12.2 Å². The summed E-state index contributed by atoms with van der Waals surface area (Å²) in [6, 6.07) is 0. The van der Waals surface area contributed by atoms with Gasteiger partial charge < -0.3 is 17.6 Å². The van der Waals surface area contributed by atoms with Gasteiger partial charge in [0, 0.05) is 12.1 Å². The van der Waals surface area contributed by atoms with Crippen LogP contribution in [0.25, 0.3) is 0 Å². The first-order valence-electron chi connectivity index (χ1n) is 2.62. The average molecular weight is 184 g/mol.